The standard InChI is InChI=1S/C15H24N2/c1-3-14-6-4-5-7-15(14)12-17-9-8-13(11-17)10-16-2/h4-7,13,16H,3,8-12H2,1-2H3. The van der Waals surface area contributed by atoms with Gasteiger partial charge in [0.1, 0.15) is 0 Å². The van der Waals surface area contributed by atoms with Crippen molar-refractivity contribution in [1.29, 1.82) is 0 Å². The van der Waals surface area contributed by atoms with Gasteiger partial charge >= 0.3 is 0 Å². The van der Waals surface area contributed by atoms with Crippen LogP contribution in [-0.2, 0) is 13.0 Å². The average Bonchev–Trinajstić information content (AvgIpc) is 2.78. The van der Waals surface area contributed by atoms with Gasteiger partial charge in [0.25, 0.3) is 0 Å². The first-order valence-corrected chi connectivity index (χ1v) is 6.77. The zero-order chi connectivity index (χ0) is 12.1. The van der Waals surface area contributed by atoms with Gasteiger partial charge in [-0.05, 0) is 50.0 Å². The van der Waals surface area contributed by atoms with Gasteiger partial charge in [-0.2, -0.15) is 0 Å². The average molecular weight is 232 g/mol. The van der Waals surface area contributed by atoms with E-state index in [0.717, 1.165) is 25.4 Å². The van der Waals surface area contributed by atoms with Gasteiger partial charge in [0.15, 0.2) is 0 Å². The van der Waals surface area contributed by atoms with E-state index in [0.29, 0.717) is 0 Å². The summed E-state index contributed by atoms with van der Waals surface area (Å²) in [5.41, 5.74) is 3.02. The normalized spacial score (nSPS) is 20.9. The molecule has 0 spiro atoms. The largest absolute Gasteiger partial charge is 0.319 e. The third kappa shape index (κ3) is 3.30. The predicted octanol–water partition coefficient (Wildman–Crippen LogP) is 2.29. The van der Waals surface area contributed by atoms with Crippen molar-refractivity contribution in [2.24, 2.45) is 5.92 Å². The van der Waals surface area contributed by atoms with Crippen LogP contribution in [0.25, 0.3) is 0 Å². The molecular formula is C15H24N2. The number of nitrogens with zero attached hydrogens (tertiary/aromatic N) is 1. The summed E-state index contributed by atoms with van der Waals surface area (Å²) in [6.07, 6.45) is 2.49. The number of aryl methyl sites for hydroxylation is 1. The fourth-order valence-corrected chi connectivity index (χ4v) is 2.81. The molecule has 1 atom stereocenters. The minimum atomic E-state index is 0.841. The van der Waals surface area contributed by atoms with Crippen molar-refractivity contribution in [3.05, 3.63) is 35.4 Å². The SMILES string of the molecule is CCc1ccccc1CN1CCC(CNC)C1. The lowest BCUT2D eigenvalue weighted by Crippen LogP contribution is -2.24. The van der Waals surface area contributed by atoms with Crippen molar-refractivity contribution in [1.82, 2.24) is 10.2 Å². The lowest BCUT2D eigenvalue weighted by molar-refractivity contribution is 0.314. The lowest BCUT2D eigenvalue weighted by atomic mass is 10.1. The Morgan fingerprint density at radius 2 is 2.06 bits per heavy atom. The molecule has 0 aliphatic carbocycles. The minimum Gasteiger partial charge on any atom is -0.319 e. The molecule has 0 bridgehead atoms. The van der Waals surface area contributed by atoms with Crippen LogP contribution in [-0.4, -0.2) is 31.6 Å². The van der Waals surface area contributed by atoms with E-state index in [9.17, 15) is 0 Å². The molecule has 17 heavy (non-hydrogen) atoms. The number of likely N-dealkylation sites (tertiary alicyclic amines) is 1. The molecule has 2 rings (SSSR count). The highest BCUT2D eigenvalue weighted by Gasteiger charge is 2.21. The molecule has 1 saturated heterocycles. The summed E-state index contributed by atoms with van der Waals surface area (Å²) < 4.78 is 0. The number of benzene rings is 1. The summed E-state index contributed by atoms with van der Waals surface area (Å²) >= 11 is 0. The van der Waals surface area contributed by atoms with E-state index in [-0.39, 0.29) is 0 Å². The Hall–Kier alpha value is -0.860. The Balaban J connectivity index is 1.93. The van der Waals surface area contributed by atoms with Crippen molar-refractivity contribution < 1.29 is 0 Å². The monoisotopic (exact) mass is 232 g/mol. The molecule has 1 N–H and O–H groups in total. The second kappa shape index (κ2) is 6.18. The lowest BCUT2D eigenvalue weighted by Gasteiger charge is -2.18. The van der Waals surface area contributed by atoms with E-state index in [1.165, 1.54) is 30.6 Å². The van der Waals surface area contributed by atoms with Crippen LogP contribution in [0.2, 0.25) is 0 Å². The van der Waals surface area contributed by atoms with E-state index in [1.807, 2.05) is 0 Å². The molecule has 1 aromatic rings. The zero-order valence-corrected chi connectivity index (χ0v) is 11.1. The van der Waals surface area contributed by atoms with Gasteiger partial charge in [-0.1, -0.05) is 31.2 Å². The molecule has 2 nitrogen and oxygen atoms in total. The van der Waals surface area contributed by atoms with Crippen LogP contribution in [0.4, 0.5) is 0 Å². The highest BCUT2D eigenvalue weighted by molar-refractivity contribution is 5.27. The summed E-state index contributed by atoms with van der Waals surface area (Å²) in [5.74, 6) is 0.841. The second-order valence-electron chi connectivity index (χ2n) is 5.07. The van der Waals surface area contributed by atoms with Gasteiger partial charge in [-0.15, -0.1) is 0 Å². The predicted molar refractivity (Wildman–Crippen MR) is 73.1 cm³/mol. The maximum absolute atomic E-state index is 3.29. The topological polar surface area (TPSA) is 15.3 Å². The van der Waals surface area contributed by atoms with Gasteiger partial charge < -0.3 is 5.32 Å². The first kappa shape index (κ1) is 12.6. The molecule has 1 aromatic carbocycles. The number of hydrogen-bond acceptors (Lipinski definition) is 2. The number of hydrogen-bond donors (Lipinski definition) is 1. The third-order valence-electron chi connectivity index (χ3n) is 3.76. The summed E-state index contributed by atoms with van der Waals surface area (Å²) in [7, 11) is 2.05. The van der Waals surface area contributed by atoms with E-state index >= 15 is 0 Å². The molecule has 1 fully saturated rings. The van der Waals surface area contributed by atoms with E-state index in [2.05, 4.69) is 48.5 Å². The maximum Gasteiger partial charge on any atom is 0.0236 e. The molecule has 1 aliphatic rings. The van der Waals surface area contributed by atoms with Crippen LogP contribution in [0.15, 0.2) is 24.3 Å². The van der Waals surface area contributed by atoms with Crippen molar-refractivity contribution in [2.75, 3.05) is 26.7 Å². The van der Waals surface area contributed by atoms with Gasteiger partial charge in [-0.3, -0.25) is 4.90 Å². The maximum atomic E-state index is 3.29. The second-order valence-corrected chi connectivity index (χ2v) is 5.07. The Labute approximate surface area is 105 Å². The first-order valence-electron chi connectivity index (χ1n) is 6.77. The molecule has 2 heteroatoms. The minimum absolute atomic E-state index is 0.841. The Morgan fingerprint density at radius 3 is 2.76 bits per heavy atom. The quantitative estimate of drug-likeness (QED) is 0.838. The number of rotatable bonds is 5. The Morgan fingerprint density at radius 1 is 1.29 bits per heavy atom. The van der Waals surface area contributed by atoms with Crippen molar-refractivity contribution in [3.8, 4) is 0 Å². The molecule has 0 aromatic heterocycles. The molecule has 0 amide bonds. The summed E-state index contributed by atoms with van der Waals surface area (Å²) in [6, 6.07) is 8.85. The molecule has 1 unspecified atom stereocenters. The highest BCUT2D eigenvalue weighted by Crippen LogP contribution is 2.19. The molecule has 94 valence electrons. The number of nitrogens with one attached hydrogen (secondary N) is 1. The van der Waals surface area contributed by atoms with Crippen LogP contribution >= 0.6 is 0 Å². The summed E-state index contributed by atoms with van der Waals surface area (Å²) in [4.78, 5) is 2.59. The smallest absolute Gasteiger partial charge is 0.0236 e. The van der Waals surface area contributed by atoms with Gasteiger partial charge in [0.2, 0.25) is 0 Å². The third-order valence-corrected chi connectivity index (χ3v) is 3.76. The fourth-order valence-electron chi connectivity index (χ4n) is 2.81. The van der Waals surface area contributed by atoms with E-state index in [4.69, 9.17) is 0 Å². The van der Waals surface area contributed by atoms with E-state index in [1.54, 1.807) is 0 Å². The van der Waals surface area contributed by atoms with Gasteiger partial charge in [-0.25, -0.2) is 0 Å². The van der Waals surface area contributed by atoms with Crippen LogP contribution < -0.4 is 5.32 Å². The van der Waals surface area contributed by atoms with Crippen LogP contribution in [0.3, 0.4) is 0 Å². The molecule has 1 heterocycles. The molecule has 1 aliphatic heterocycles. The van der Waals surface area contributed by atoms with Crippen LogP contribution in [0.1, 0.15) is 24.5 Å². The van der Waals surface area contributed by atoms with Crippen molar-refractivity contribution >= 4 is 0 Å². The molecule has 0 radical (unpaired) electrons. The molecular weight excluding hydrogens is 208 g/mol. The Kier molecular flexibility index (Phi) is 4.57. The van der Waals surface area contributed by atoms with Crippen molar-refractivity contribution in [3.63, 3.8) is 0 Å². The van der Waals surface area contributed by atoms with Gasteiger partial charge in [0.05, 0.1) is 0 Å². The fraction of sp³-hybridized carbons (Fsp3) is 0.600. The molecule has 0 saturated carbocycles. The van der Waals surface area contributed by atoms with E-state index < -0.39 is 0 Å². The van der Waals surface area contributed by atoms with Crippen molar-refractivity contribution in [2.45, 2.75) is 26.3 Å². The summed E-state index contributed by atoms with van der Waals surface area (Å²) in [5, 5.41) is 3.29. The van der Waals surface area contributed by atoms with Crippen LogP contribution in [0.5, 0.6) is 0 Å². The summed E-state index contributed by atoms with van der Waals surface area (Å²) in [6.45, 7) is 7.03. The van der Waals surface area contributed by atoms with Gasteiger partial charge in [0, 0.05) is 13.1 Å². The Bertz CT molecular complexity index is 349. The van der Waals surface area contributed by atoms with Crippen LogP contribution in [0, 0.1) is 5.92 Å². The zero-order valence-electron chi connectivity index (χ0n) is 11.1. The highest BCUT2D eigenvalue weighted by atomic mass is 15.1. The first-order chi connectivity index (χ1) is 8.33.